The lowest BCUT2D eigenvalue weighted by Gasteiger charge is -2.51. The van der Waals surface area contributed by atoms with Gasteiger partial charge < -0.3 is 15.0 Å². The maximum absolute atomic E-state index is 16.1. The van der Waals surface area contributed by atoms with Gasteiger partial charge in [-0.3, -0.25) is 43.3 Å². The first-order valence-corrected chi connectivity index (χ1v) is 22.1. The number of nitrogens with one attached hydrogen (secondary N) is 2. The van der Waals surface area contributed by atoms with Crippen molar-refractivity contribution in [3.63, 3.8) is 0 Å². The molecule has 1 unspecified atom stereocenters. The summed E-state index contributed by atoms with van der Waals surface area (Å²) in [4.78, 5) is 62.1. The second-order valence-corrected chi connectivity index (χ2v) is 18.3. The number of aryl methyl sites for hydroxylation is 1. The smallest absolute Gasteiger partial charge is 0.329 e. The van der Waals surface area contributed by atoms with Crippen LogP contribution >= 0.6 is 0 Å². The Kier molecular flexibility index (Phi) is 9.95. The lowest BCUT2D eigenvalue weighted by atomic mass is 9.84. The van der Waals surface area contributed by atoms with Gasteiger partial charge in [0, 0.05) is 64.0 Å². The van der Waals surface area contributed by atoms with E-state index >= 15 is 8.78 Å². The lowest BCUT2D eigenvalue weighted by Crippen LogP contribution is -2.64. The minimum Gasteiger partial charge on any atom is -0.374 e. The van der Waals surface area contributed by atoms with Crippen molar-refractivity contribution in [1.82, 2.24) is 48.6 Å². The minimum atomic E-state index is -2.98. The molecule has 1 aliphatic carbocycles. The Morgan fingerprint density at radius 2 is 1.78 bits per heavy atom. The van der Waals surface area contributed by atoms with E-state index in [0.717, 1.165) is 12.0 Å². The van der Waals surface area contributed by atoms with Crippen molar-refractivity contribution in [2.45, 2.75) is 106 Å². The summed E-state index contributed by atoms with van der Waals surface area (Å²) in [6.45, 7) is 2.24. The fourth-order valence-corrected chi connectivity index (χ4v) is 11.3. The summed E-state index contributed by atoms with van der Waals surface area (Å²) >= 11 is 0. The van der Waals surface area contributed by atoms with Crippen LogP contribution in [0.25, 0.3) is 16.7 Å². The van der Waals surface area contributed by atoms with Crippen LogP contribution in [-0.4, -0.2) is 131 Å². The second-order valence-electron chi connectivity index (χ2n) is 18.3. The van der Waals surface area contributed by atoms with Crippen molar-refractivity contribution in [1.29, 1.82) is 0 Å². The third-order valence-corrected chi connectivity index (χ3v) is 14.6. The highest BCUT2D eigenvalue weighted by atomic mass is 19.3. The highest BCUT2D eigenvalue weighted by molar-refractivity contribution is 6.08. The first-order valence-electron chi connectivity index (χ1n) is 22.1. The van der Waals surface area contributed by atoms with Crippen LogP contribution in [0.2, 0.25) is 0 Å². The Hall–Kier alpha value is -5.67. The second kappa shape index (κ2) is 15.5. The van der Waals surface area contributed by atoms with E-state index in [2.05, 4.69) is 25.7 Å². The molecule has 6 aliphatic rings. The van der Waals surface area contributed by atoms with Crippen LogP contribution < -0.4 is 21.2 Å². The average Bonchev–Trinajstić information content (AvgIpc) is 4.11. The molecule has 1 saturated carbocycles. The third kappa shape index (κ3) is 6.88. The van der Waals surface area contributed by atoms with E-state index in [1.165, 1.54) is 30.7 Å². The number of rotatable bonds is 9. The number of amides is 3. The number of anilines is 2. The summed E-state index contributed by atoms with van der Waals surface area (Å²) in [7, 11) is 1.64. The number of halogens is 4. The van der Waals surface area contributed by atoms with Gasteiger partial charge in [0.15, 0.2) is 11.3 Å². The molecule has 21 heteroatoms. The van der Waals surface area contributed by atoms with Gasteiger partial charge >= 0.3 is 5.69 Å². The number of para-hydroxylation sites is 1. The normalized spacial score (nSPS) is 27.8. The summed E-state index contributed by atoms with van der Waals surface area (Å²) in [6.07, 6.45) is 5.53. The summed E-state index contributed by atoms with van der Waals surface area (Å²) in [6, 6.07) is 5.44. The molecule has 6 fully saturated rings. The number of piperidine rings is 2. The third-order valence-electron chi connectivity index (χ3n) is 14.6. The Balaban J connectivity index is 0.713. The van der Waals surface area contributed by atoms with E-state index in [0.29, 0.717) is 81.0 Å². The van der Waals surface area contributed by atoms with Crippen molar-refractivity contribution in [2.75, 3.05) is 49.5 Å². The largest absolute Gasteiger partial charge is 0.374 e. The number of aromatic nitrogens is 7. The summed E-state index contributed by atoms with van der Waals surface area (Å²) < 4.78 is 72.4. The number of imidazole rings is 1. The van der Waals surface area contributed by atoms with E-state index in [4.69, 9.17) is 9.72 Å². The number of carbonyl (C=O) groups is 3. The lowest BCUT2D eigenvalue weighted by molar-refractivity contribution is -0.151. The molecule has 11 rings (SSSR count). The molecular formula is C43H48F4N12O5. The van der Waals surface area contributed by atoms with Gasteiger partial charge in [-0.2, -0.15) is 10.2 Å². The number of morpholine rings is 1. The Labute approximate surface area is 363 Å². The van der Waals surface area contributed by atoms with Crippen molar-refractivity contribution >= 4 is 45.9 Å². The number of nitrogens with zero attached hydrogens (tertiary/aromatic N) is 10. The minimum absolute atomic E-state index is 0.0834. The quantitative estimate of drug-likeness (QED) is 0.162. The van der Waals surface area contributed by atoms with Gasteiger partial charge in [0.2, 0.25) is 11.8 Å². The molecule has 2 N–H and O–H groups in total. The zero-order valence-electron chi connectivity index (χ0n) is 35.1. The molecule has 4 atom stereocenters. The number of likely N-dealkylation sites (tertiary alicyclic amines) is 2. The van der Waals surface area contributed by atoms with Crippen LogP contribution in [0.4, 0.5) is 29.1 Å². The highest BCUT2D eigenvalue weighted by Crippen LogP contribution is 2.42. The molecule has 64 heavy (non-hydrogen) atoms. The zero-order valence-corrected chi connectivity index (χ0v) is 35.1. The molecule has 5 aliphatic heterocycles. The van der Waals surface area contributed by atoms with Crippen molar-refractivity contribution in [2.24, 2.45) is 7.05 Å². The van der Waals surface area contributed by atoms with Gasteiger partial charge in [0.05, 0.1) is 60.3 Å². The number of hydrogen-bond acceptors (Lipinski definition) is 11. The van der Waals surface area contributed by atoms with Gasteiger partial charge in [0.25, 0.3) is 18.3 Å². The van der Waals surface area contributed by atoms with Gasteiger partial charge in [-0.25, -0.2) is 31.9 Å². The fraction of sp³-hybridized carbons (Fsp3) is 0.558. The predicted molar refractivity (Wildman–Crippen MR) is 223 cm³/mol. The number of carbonyl (C=O) groups excluding carboxylic acids is 3. The zero-order chi connectivity index (χ0) is 44.2. The van der Waals surface area contributed by atoms with Gasteiger partial charge in [-0.15, -0.1) is 0 Å². The first-order chi connectivity index (χ1) is 30.8. The molecule has 5 aromatic rings. The van der Waals surface area contributed by atoms with Crippen LogP contribution in [0.5, 0.6) is 0 Å². The first kappa shape index (κ1) is 41.1. The summed E-state index contributed by atoms with van der Waals surface area (Å²) in [5, 5.41) is 13.4. The molecule has 4 aromatic heterocycles. The van der Waals surface area contributed by atoms with Crippen LogP contribution in [0, 0.1) is 0 Å². The molecular weight excluding hydrogens is 841 g/mol. The monoisotopic (exact) mass is 888 g/mol. The maximum atomic E-state index is 16.1. The van der Waals surface area contributed by atoms with E-state index in [1.54, 1.807) is 19.3 Å². The van der Waals surface area contributed by atoms with E-state index in [-0.39, 0.29) is 78.8 Å². The molecule has 2 bridgehead atoms. The van der Waals surface area contributed by atoms with E-state index < -0.39 is 41.9 Å². The Morgan fingerprint density at radius 3 is 2.50 bits per heavy atom. The SMILES string of the molecule is Cn1c(=O)n(C2CCC(=O)NC2=O)c2cccc(C3CN([C@@H]4CCN(C5CCC(n6cc(NC(=O)c7cnn8ccc(N9C[C@H]%10C[C@@H]9CO%10)nc78)c(C(F)F)n6)CC5)CC4(F)F)C3)c21. The predicted octanol–water partition coefficient (Wildman–Crippen LogP) is 4.02. The molecule has 0 spiro atoms. The van der Waals surface area contributed by atoms with Crippen molar-refractivity contribution in [3.05, 3.63) is 70.2 Å². The molecule has 5 saturated heterocycles. The van der Waals surface area contributed by atoms with E-state index in [1.807, 2.05) is 28.0 Å². The van der Waals surface area contributed by atoms with Gasteiger partial charge in [-0.1, -0.05) is 12.1 Å². The van der Waals surface area contributed by atoms with Gasteiger partial charge in [-0.05, 0) is 62.6 Å². The number of fused-ring (bicyclic) bond motifs is 4. The Morgan fingerprint density at radius 1 is 0.984 bits per heavy atom. The van der Waals surface area contributed by atoms with Crippen LogP contribution in [0.3, 0.4) is 0 Å². The number of ether oxygens (including phenoxy) is 1. The van der Waals surface area contributed by atoms with E-state index in [9.17, 15) is 28.0 Å². The molecule has 1 aromatic carbocycles. The number of imide groups is 1. The molecule has 0 radical (unpaired) electrons. The number of alkyl halides is 4. The van der Waals surface area contributed by atoms with Crippen LogP contribution in [-0.2, 0) is 21.4 Å². The standard InChI is InChI=1S/C43H48F4N12O5/c1-53-37-28(3-2-4-31(37)59(42(53)63)32-9-10-35(60)51-41(32)62)23-17-55(18-23)33-11-13-54(22-43(33,46)47)24-5-7-25(8-6-24)58-20-30(36(52-58)38(44)45)49-40(61)29-16-48-57-14-12-34(50-39(29)57)56-19-27-15-26(56)21-64-27/h2-4,12,14,16,20,23-27,32-33,38H,5-11,13,15,17-19,21-22H2,1H3,(H,49,61)(H,51,60,62)/t24?,25?,26-,27-,32?,33-/m1/s1. The molecule has 3 amide bonds. The van der Waals surface area contributed by atoms with Crippen molar-refractivity contribution < 1.29 is 36.7 Å². The Bertz CT molecular complexity index is 2740. The average molecular weight is 889 g/mol. The highest BCUT2D eigenvalue weighted by Gasteiger charge is 2.52. The topological polar surface area (TPSA) is 169 Å². The molecule has 17 nitrogen and oxygen atoms in total. The summed E-state index contributed by atoms with van der Waals surface area (Å²) in [5.74, 6) is -3.89. The molecule has 338 valence electrons. The van der Waals surface area contributed by atoms with Crippen molar-refractivity contribution in [3.8, 4) is 0 Å². The molecule has 9 heterocycles. The number of benzene rings is 1. The summed E-state index contributed by atoms with van der Waals surface area (Å²) in [5.41, 5.74) is 1.52. The fourth-order valence-electron chi connectivity index (χ4n) is 11.3. The maximum Gasteiger partial charge on any atom is 0.329 e. The van der Waals surface area contributed by atoms with Crippen LogP contribution in [0.15, 0.2) is 47.7 Å². The van der Waals surface area contributed by atoms with Crippen LogP contribution in [0.1, 0.15) is 97.4 Å². The van der Waals surface area contributed by atoms with Gasteiger partial charge in [0.1, 0.15) is 17.4 Å². The number of hydrogen-bond donors (Lipinski definition) is 2.